The van der Waals surface area contributed by atoms with Crippen molar-refractivity contribution in [2.24, 2.45) is 0 Å². The topological polar surface area (TPSA) is 85.2 Å². The van der Waals surface area contributed by atoms with Crippen LogP contribution in [0.25, 0.3) is 0 Å². The fraction of sp³-hybridized carbons (Fsp3) is 0.938. The number of hydrogen-bond donors (Lipinski definition) is 2. The molecule has 0 aromatic carbocycles. The fourth-order valence-corrected chi connectivity index (χ4v) is 1.84. The van der Waals surface area contributed by atoms with E-state index in [1.165, 1.54) is 0 Å². The second-order valence-corrected chi connectivity index (χ2v) is 5.12. The summed E-state index contributed by atoms with van der Waals surface area (Å²) >= 11 is 0. The lowest BCUT2D eigenvalue weighted by Gasteiger charge is -2.07. The van der Waals surface area contributed by atoms with E-state index >= 15 is 0 Å². The van der Waals surface area contributed by atoms with Crippen LogP contribution >= 0.6 is 0 Å². The Kier molecular flexibility index (Phi) is 17.8. The summed E-state index contributed by atoms with van der Waals surface area (Å²) in [4.78, 5) is 11.3. The zero-order valence-electron chi connectivity index (χ0n) is 13.6. The standard InChI is InChI=1S/C16H32O6/c17-9-5-1-2-7-11-20-12-13-21-14-15-22-16(19)8-4-3-6-10-18/h17-18H,1-15H2. The van der Waals surface area contributed by atoms with Crippen LogP contribution in [-0.2, 0) is 19.0 Å². The molecule has 0 aliphatic rings. The lowest BCUT2D eigenvalue weighted by molar-refractivity contribution is -0.145. The molecule has 0 radical (unpaired) electrons. The molecule has 0 bridgehead atoms. The predicted molar refractivity (Wildman–Crippen MR) is 83.7 cm³/mol. The number of rotatable bonds is 17. The third-order valence-corrected chi connectivity index (χ3v) is 3.10. The molecule has 6 heteroatoms. The Labute approximate surface area is 133 Å². The van der Waals surface area contributed by atoms with Crippen molar-refractivity contribution in [2.75, 3.05) is 46.2 Å². The minimum atomic E-state index is -0.208. The molecule has 0 rings (SSSR count). The lowest BCUT2D eigenvalue weighted by atomic mass is 10.2. The number of aliphatic hydroxyl groups excluding tert-OH is 2. The molecule has 0 spiro atoms. The van der Waals surface area contributed by atoms with E-state index in [4.69, 9.17) is 24.4 Å². The van der Waals surface area contributed by atoms with Crippen LogP contribution in [-0.4, -0.2) is 62.4 Å². The van der Waals surface area contributed by atoms with Gasteiger partial charge in [-0.05, 0) is 25.7 Å². The van der Waals surface area contributed by atoms with Crippen molar-refractivity contribution < 1.29 is 29.2 Å². The maximum atomic E-state index is 11.3. The highest BCUT2D eigenvalue weighted by molar-refractivity contribution is 5.69. The van der Waals surface area contributed by atoms with E-state index in [0.29, 0.717) is 26.2 Å². The molecular formula is C16H32O6. The van der Waals surface area contributed by atoms with Crippen molar-refractivity contribution in [3.05, 3.63) is 0 Å². The summed E-state index contributed by atoms with van der Waals surface area (Å²) in [5, 5.41) is 17.2. The van der Waals surface area contributed by atoms with E-state index < -0.39 is 0 Å². The largest absolute Gasteiger partial charge is 0.463 e. The first-order chi connectivity index (χ1) is 10.8. The monoisotopic (exact) mass is 320 g/mol. The predicted octanol–water partition coefficient (Wildman–Crippen LogP) is 1.67. The second-order valence-electron chi connectivity index (χ2n) is 5.12. The maximum absolute atomic E-state index is 11.3. The molecule has 0 aromatic rings. The summed E-state index contributed by atoms with van der Waals surface area (Å²) in [6, 6.07) is 0. The Bertz CT molecular complexity index is 235. The van der Waals surface area contributed by atoms with Gasteiger partial charge in [-0.3, -0.25) is 4.79 Å². The molecule has 0 saturated heterocycles. The first-order valence-corrected chi connectivity index (χ1v) is 8.34. The maximum Gasteiger partial charge on any atom is 0.305 e. The molecule has 0 aliphatic carbocycles. The SMILES string of the molecule is O=C(CCCCCO)OCCOCCOCCCCCCO. The number of hydrogen-bond acceptors (Lipinski definition) is 6. The van der Waals surface area contributed by atoms with Crippen molar-refractivity contribution in [1.29, 1.82) is 0 Å². The van der Waals surface area contributed by atoms with Crippen LogP contribution in [0, 0.1) is 0 Å². The summed E-state index contributed by atoms with van der Waals surface area (Å²) < 4.78 is 15.7. The second kappa shape index (κ2) is 18.4. The summed E-state index contributed by atoms with van der Waals surface area (Å²) in [6.07, 6.45) is 6.73. The van der Waals surface area contributed by atoms with Crippen molar-refractivity contribution in [3.63, 3.8) is 0 Å². The van der Waals surface area contributed by atoms with Gasteiger partial charge in [0.25, 0.3) is 0 Å². The van der Waals surface area contributed by atoms with Crippen molar-refractivity contribution in [3.8, 4) is 0 Å². The third-order valence-electron chi connectivity index (χ3n) is 3.10. The molecule has 6 nitrogen and oxygen atoms in total. The number of unbranched alkanes of at least 4 members (excludes halogenated alkanes) is 5. The van der Waals surface area contributed by atoms with Crippen LogP contribution in [0.1, 0.15) is 51.4 Å². The summed E-state index contributed by atoms with van der Waals surface area (Å²) in [6.45, 7) is 2.88. The molecule has 0 unspecified atom stereocenters. The van der Waals surface area contributed by atoms with Gasteiger partial charge in [-0.1, -0.05) is 19.3 Å². The molecule has 0 heterocycles. The molecule has 0 aliphatic heterocycles. The minimum Gasteiger partial charge on any atom is -0.463 e. The van der Waals surface area contributed by atoms with Gasteiger partial charge in [0.2, 0.25) is 0 Å². The Morgan fingerprint density at radius 2 is 1.18 bits per heavy atom. The quantitative estimate of drug-likeness (QED) is 0.313. The molecule has 2 N–H and O–H groups in total. The van der Waals surface area contributed by atoms with Gasteiger partial charge in [0.05, 0.1) is 19.8 Å². The molecular weight excluding hydrogens is 288 g/mol. The Morgan fingerprint density at radius 1 is 0.636 bits per heavy atom. The van der Waals surface area contributed by atoms with Crippen LogP contribution in [0.3, 0.4) is 0 Å². The average Bonchev–Trinajstić information content (AvgIpc) is 2.52. The lowest BCUT2D eigenvalue weighted by Crippen LogP contribution is -2.13. The molecule has 0 atom stereocenters. The normalized spacial score (nSPS) is 10.8. The van der Waals surface area contributed by atoms with E-state index in [2.05, 4.69) is 0 Å². The summed E-state index contributed by atoms with van der Waals surface area (Å²) in [5.41, 5.74) is 0. The number of carbonyl (C=O) groups is 1. The molecule has 22 heavy (non-hydrogen) atoms. The van der Waals surface area contributed by atoms with Crippen LogP contribution in [0.15, 0.2) is 0 Å². The highest BCUT2D eigenvalue weighted by Crippen LogP contribution is 2.01. The highest BCUT2D eigenvalue weighted by atomic mass is 16.6. The van der Waals surface area contributed by atoms with E-state index in [9.17, 15) is 4.79 Å². The van der Waals surface area contributed by atoms with Gasteiger partial charge in [-0.2, -0.15) is 0 Å². The van der Waals surface area contributed by atoms with Gasteiger partial charge >= 0.3 is 5.97 Å². The zero-order chi connectivity index (χ0) is 16.3. The third kappa shape index (κ3) is 17.4. The van der Waals surface area contributed by atoms with Crippen molar-refractivity contribution in [1.82, 2.24) is 0 Å². The van der Waals surface area contributed by atoms with Crippen molar-refractivity contribution in [2.45, 2.75) is 51.4 Å². The van der Waals surface area contributed by atoms with E-state index in [1.54, 1.807) is 0 Å². The van der Waals surface area contributed by atoms with Gasteiger partial charge in [-0.25, -0.2) is 0 Å². The number of aliphatic hydroxyl groups is 2. The molecule has 0 aromatic heterocycles. The Hall–Kier alpha value is -0.690. The van der Waals surface area contributed by atoms with Crippen LogP contribution < -0.4 is 0 Å². The Balaban J connectivity index is 3.08. The van der Waals surface area contributed by atoms with Gasteiger partial charge in [-0.15, -0.1) is 0 Å². The summed E-state index contributed by atoms with van der Waals surface area (Å²) in [5.74, 6) is -0.208. The van der Waals surface area contributed by atoms with Crippen LogP contribution in [0.2, 0.25) is 0 Å². The number of ether oxygens (including phenoxy) is 3. The first kappa shape index (κ1) is 21.3. The smallest absolute Gasteiger partial charge is 0.305 e. The summed E-state index contributed by atoms with van der Waals surface area (Å²) in [7, 11) is 0. The van der Waals surface area contributed by atoms with Gasteiger partial charge < -0.3 is 24.4 Å². The van der Waals surface area contributed by atoms with E-state index in [-0.39, 0.29) is 25.8 Å². The zero-order valence-corrected chi connectivity index (χ0v) is 13.6. The fourth-order valence-electron chi connectivity index (χ4n) is 1.84. The van der Waals surface area contributed by atoms with Gasteiger partial charge in [0.15, 0.2) is 0 Å². The first-order valence-electron chi connectivity index (χ1n) is 8.34. The molecule has 0 saturated carbocycles. The van der Waals surface area contributed by atoms with Crippen molar-refractivity contribution >= 4 is 5.97 Å². The molecule has 132 valence electrons. The van der Waals surface area contributed by atoms with E-state index in [1.807, 2.05) is 0 Å². The highest BCUT2D eigenvalue weighted by Gasteiger charge is 2.02. The van der Waals surface area contributed by atoms with E-state index in [0.717, 1.165) is 51.6 Å². The Morgan fingerprint density at radius 3 is 1.86 bits per heavy atom. The average molecular weight is 320 g/mol. The minimum absolute atomic E-state index is 0.174. The molecule has 0 fully saturated rings. The van der Waals surface area contributed by atoms with Gasteiger partial charge in [0, 0.05) is 26.2 Å². The van der Waals surface area contributed by atoms with Crippen LogP contribution in [0.4, 0.5) is 0 Å². The number of carbonyl (C=O) groups excluding carboxylic acids is 1. The van der Waals surface area contributed by atoms with Crippen LogP contribution in [0.5, 0.6) is 0 Å². The molecule has 0 amide bonds. The van der Waals surface area contributed by atoms with Gasteiger partial charge in [0.1, 0.15) is 6.61 Å². The number of esters is 1.